The molecule has 0 radical (unpaired) electrons. The Morgan fingerprint density at radius 3 is 2.62 bits per heavy atom. The number of ether oxygens (including phenoxy) is 2. The Morgan fingerprint density at radius 2 is 1.96 bits per heavy atom. The van der Waals surface area contributed by atoms with E-state index in [1.807, 2.05) is 24.3 Å². The van der Waals surface area contributed by atoms with Gasteiger partial charge in [-0.25, -0.2) is 14.6 Å². The fourth-order valence-electron chi connectivity index (χ4n) is 2.59. The van der Waals surface area contributed by atoms with Crippen LogP contribution in [0.5, 0.6) is 5.75 Å². The van der Waals surface area contributed by atoms with Gasteiger partial charge >= 0.3 is 5.97 Å². The average molecular weight is 366 g/mol. The molecule has 0 aliphatic rings. The Morgan fingerprint density at radius 1 is 1.23 bits per heavy atom. The van der Waals surface area contributed by atoms with Gasteiger partial charge in [0.15, 0.2) is 11.3 Å². The molecule has 0 spiro atoms. The number of rotatable bonds is 5. The van der Waals surface area contributed by atoms with Crippen LogP contribution in [0.1, 0.15) is 20.8 Å². The molecule has 0 N–H and O–H groups in total. The smallest absolute Gasteiger partial charge is 0.349 e. The van der Waals surface area contributed by atoms with Crippen LogP contribution in [-0.2, 0) is 9.53 Å². The first-order valence-corrected chi connectivity index (χ1v) is 9.04. The quantitative estimate of drug-likeness (QED) is 0.458. The molecule has 132 valence electrons. The van der Waals surface area contributed by atoms with Crippen LogP contribution in [0.15, 0.2) is 41.9 Å². The third kappa shape index (κ3) is 3.39. The fourth-order valence-corrected chi connectivity index (χ4v) is 3.44. The van der Waals surface area contributed by atoms with Crippen molar-refractivity contribution in [3.05, 3.63) is 53.3 Å². The topological polar surface area (TPSA) is 52.8 Å². The molecule has 0 saturated heterocycles. The molecule has 1 heterocycles. The molecule has 0 aliphatic carbocycles. The highest BCUT2D eigenvalue weighted by atomic mass is 32.1. The number of fused-ring (bicyclic) bond motifs is 1. The number of carbonyl (C=O) groups is 1. The van der Waals surface area contributed by atoms with Crippen molar-refractivity contribution < 1.29 is 14.3 Å². The van der Waals surface area contributed by atoms with E-state index in [0.717, 1.165) is 21.3 Å². The SMILES string of the molecule is [C-]#[N+]c1ccc(-c2c(OC(C)(C)C(=O)OCC)ccc3ncsc23)cc1. The van der Waals surface area contributed by atoms with E-state index in [1.165, 1.54) is 11.3 Å². The minimum absolute atomic E-state index is 0.296. The van der Waals surface area contributed by atoms with Crippen molar-refractivity contribution in [2.45, 2.75) is 26.4 Å². The third-order valence-corrected chi connectivity index (χ3v) is 4.74. The van der Waals surface area contributed by atoms with Gasteiger partial charge < -0.3 is 9.47 Å². The van der Waals surface area contributed by atoms with Gasteiger partial charge in [0.2, 0.25) is 0 Å². The van der Waals surface area contributed by atoms with E-state index in [1.54, 1.807) is 38.4 Å². The predicted molar refractivity (Wildman–Crippen MR) is 103 cm³/mol. The standard InChI is InChI=1S/C20H18N2O3S/c1-5-24-19(23)20(2,3)25-16-11-10-15-18(26-12-22-15)17(16)13-6-8-14(21-4)9-7-13/h6-12H,5H2,1-3H3. The van der Waals surface area contributed by atoms with Crippen molar-refractivity contribution in [2.75, 3.05) is 6.61 Å². The van der Waals surface area contributed by atoms with Gasteiger partial charge in [-0.15, -0.1) is 11.3 Å². The molecule has 6 heteroatoms. The van der Waals surface area contributed by atoms with Crippen molar-refractivity contribution in [3.63, 3.8) is 0 Å². The maximum absolute atomic E-state index is 12.2. The van der Waals surface area contributed by atoms with Crippen LogP contribution in [-0.4, -0.2) is 23.2 Å². The Kier molecular flexibility index (Phi) is 4.92. The molecule has 0 unspecified atom stereocenters. The maximum Gasteiger partial charge on any atom is 0.349 e. The lowest BCUT2D eigenvalue weighted by Crippen LogP contribution is -2.39. The zero-order valence-electron chi connectivity index (χ0n) is 14.8. The molecule has 3 aromatic rings. The number of hydrogen-bond acceptors (Lipinski definition) is 5. The lowest BCUT2D eigenvalue weighted by Gasteiger charge is -2.25. The summed E-state index contributed by atoms with van der Waals surface area (Å²) < 4.78 is 12.2. The number of esters is 1. The van der Waals surface area contributed by atoms with Crippen LogP contribution in [0.25, 0.3) is 26.2 Å². The van der Waals surface area contributed by atoms with Crippen LogP contribution in [0, 0.1) is 6.57 Å². The summed E-state index contributed by atoms with van der Waals surface area (Å²) in [6.07, 6.45) is 0. The summed E-state index contributed by atoms with van der Waals surface area (Å²) in [5.41, 5.74) is 3.85. The monoisotopic (exact) mass is 366 g/mol. The summed E-state index contributed by atoms with van der Waals surface area (Å²) >= 11 is 1.51. The van der Waals surface area contributed by atoms with E-state index in [4.69, 9.17) is 16.0 Å². The van der Waals surface area contributed by atoms with Crippen molar-refractivity contribution in [1.82, 2.24) is 4.98 Å². The average Bonchev–Trinajstić information content (AvgIpc) is 3.10. The highest BCUT2D eigenvalue weighted by Crippen LogP contribution is 2.40. The molecule has 5 nitrogen and oxygen atoms in total. The second kappa shape index (κ2) is 7.14. The largest absolute Gasteiger partial charge is 0.475 e. The highest BCUT2D eigenvalue weighted by Gasteiger charge is 2.33. The van der Waals surface area contributed by atoms with Gasteiger partial charge in [-0.3, -0.25) is 0 Å². The number of thiazole rings is 1. The summed E-state index contributed by atoms with van der Waals surface area (Å²) in [6, 6.07) is 11.0. The Labute approximate surface area is 156 Å². The molecule has 26 heavy (non-hydrogen) atoms. The number of carbonyl (C=O) groups excluding carboxylic acids is 1. The van der Waals surface area contributed by atoms with Gasteiger partial charge in [-0.2, -0.15) is 0 Å². The fraction of sp³-hybridized carbons (Fsp3) is 0.250. The van der Waals surface area contributed by atoms with Crippen molar-refractivity contribution in [1.29, 1.82) is 0 Å². The maximum atomic E-state index is 12.2. The van der Waals surface area contributed by atoms with Gasteiger partial charge in [0.1, 0.15) is 5.75 Å². The van der Waals surface area contributed by atoms with E-state index in [2.05, 4.69) is 9.83 Å². The van der Waals surface area contributed by atoms with Crippen molar-refractivity contribution >= 4 is 33.2 Å². The minimum atomic E-state index is -1.13. The highest BCUT2D eigenvalue weighted by molar-refractivity contribution is 7.17. The first kappa shape index (κ1) is 17.9. The lowest BCUT2D eigenvalue weighted by atomic mass is 10.0. The second-order valence-electron chi connectivity index (χ2n) is 6.13. The van der Waals surface area contributed by atoms with E-state index in [-0.39, 0.29) is 0 Å². The number of benzene rings is 2. The molecule has 0 atom stereocenters. The van der Waals surface area contributed by atoms with Gasteiger partial charge in [0.25, 0.3) is 0 Å². The molecule has 0 fully saturated rings. The normalized spacial score (nSPS) is 11.2. The summed E-state index contributed by atoms with van der Waals surface area (Å²) in [6.45, 7) is 12.6. The van der Waals surface area contributed by atoms with E-state index >= 15 is 0 Å². The second-order valence-corrected chi connectivity index (χ2v) is 6.99. The van der Waals surface area contributed by atoms with E-state index in [0.29, 0.717) is 18.0 Å². The zero-order valence-corrected chi connectivity index (χ0v) is 15.6. The molecule has 0 aliphatic heterocycles. The molecule has 1 aromatic heterocycles. The minimum Gasteiger partial charge on any atom is -0.475 e. The van der Waals surface area contributed by atoms with Gasteiger partial charge in [-0.1, -0.05) is 24.3 Å². The molecule has 0 bridgehead atoms. The summed E-state index contributed by atoms with van der Waals surface area (Å²) in [4.78, 5) is 20.0. The van der Waals surface area contributed by atoms with Crippen LogP contribution in [0.4, 0.5) is 5.69 Å². The van der Waals surface area contributed by atoms with Gasteiger partial charge in [0, 0.05) is 5.56 Å². The Balaban J connectivity index is 2.11. The lowest BCUT2D eigenvalue weighted by molar-refractivity contribution is -0.158. The van der Waals surface area contributed by atoms with Gasteiger partial charge in [0.05, 0.1) is 28.9 Å². The molecule has 2 aromatic carbocycles. The Hall–Kier alpha value is -2.91. The van der Waals surface area contributed by atoms with E-state index < -0.39 is 11.6 Å². The van der Waals surface area contributed by atoms with Crippen LogP contribution < -0.4 is 4.74 Å². The summed E-state index contributed by atoms with van der Waals surface area (Å²) in [5, 5.41) is 0. The first-order chi connectivity index (χ1) is 12.5. The number of nitrogens with zero attached hydrogens (tertiary/aromatic N) is 2. The predicted octanol–water partition coefficient (Wildman–Crippen LogP) is 5.23. The van der Waals surface area contributed by atoms with Crippen LogP contribution >= 0.6 is 11.3 Å². The Bertz CT molecular complexity index is 984. The molecule has 3 rings (SSSR count). The van der Waals surface area contributed by atoms with Crippen molar-refractivity contribution in [2.24, 2.45) is 0 Å². The zero-order chi connectivity index (χ0) is 18.7. The number of aromatic nitrogens is 1. The number of hydrogen-bond donors (Lipinski definition) is 0. The summed E-state index contributed by atoms with van der Waals surface area (Å²) in [7, 11) is 0. The summed E-state index contributed by atoms with van der Waals surface area (Å²) in [5.74, 6) is 0.161. The first-order valence-electron chi connectivity index (χ1n) is 8.16. The van der Waals surface area contributed by atoms with E-state index in [9.17, 15) is 4.79 Å². The molecule has 0 saturated carbocycles. The van der Waals surface area contributed by atoms with Crippen molar-refractivity contribution in [3.8, 4) is 16.9 Å². The van der Waals surface area contributed by atoms with Crippen LogP contribution in [0.2, 0.25) is 0 Å². The van der Waals surface area contributed by atoms with Gasteiger partial charge in [-0.05, 0) is 38.5 Å². The molecular formula is C20H18N2O3S. The molecular weight excluding hydrogens is 348 g/mol. The molecule has 0 amide bonds. The van der Waals surface area contributed by atoms with Crippen LogP contribution in [0.3, 0.4) is 0 Å². The third-order valence-electron chi connectivity index (χ3n) is 3.88.